The summed E-state index contributed by atoms with van der Waals surface area (Å²) < 4.78 is 17.4. The predicted octanol–water partition coefficient (Wildman–Crippen LogP) is 1.44. The molecule has 2 aromatic heterocycles. The van der Waals surface area contributed by atoms with Crippen LogP contribution in [0.5, 0.6) is 0 Å². The molecule has 4 rings (SSSR count). The van der Waals surface area contributed by atoms with E-state index in [1.54, 1.807) is 6.07 Å². The Morgan fingerprint density at radius 3 is 2.54 bits per heavy atom. The molecule has 35 heavy (non-hydrogen) atoms. The van der Waals surface area contributed by atoms with Crippen molar-refractivity contribution in [2.24, 2.45) is 14.1 Å². The lowest BCUT2D eigenvalue weighted by Gasteiger charge is -2.27. The van der Waals surface area contributed by atoms with Gasteiger partial charge in [0.05, 0.1) is 12.4 Å². The summed E-state index contributed by atoms with van der Waals surface area (Å²) in [4.78, 5) is 44.0. The van der Waals surface area contributed by atoms with E-state index >= 15 is 0 Å². The van der Waals surface area contributed by atoms with Gasteiger partial charge in [0.1, 0.15) is 12.4 Å². The van der Waals surface area contributed by atoms with Crippen LogP contribution < -0.4 is 21.5 Å². The molecule has 0 radical (unpaired) electrons. The molecule has 0 saturated carbocycles. The molecule has 2 aromatic carbocycles. The Kier molecular flexibility index (Phi) is 6.81. The summed E-state index contributed by atoms with van der Waals surface area (Å²) in [6, 6.07) is 15.7. The number of nitrogens with one attached hydrogen (secondary N) is 1. The average molecular weight is 479 g/mol. The number of carbonyl (C=O) groups is 1. The number of benzene rings is 2. The summed E-state index contributed by atoms with van der Waals surface area (Å²) in [5.74, 6) is -0.644. The third-order valence-corrected chi connectivity index (χ3v) is 5.96. The van der Waals surface area contributed by atoms with E-state index in [9.17, 15) is 18.8 Å². The van der Waals surface area contributed by atoms with Gasteiger partial charge in [-0.15, -0.1) is 0 Å². The van der Waals surface area contributed by atoms with Gasteiger partial charge in [-0.25, -0.2) is 14.2 Å². The standard InChI is InChI=1S/C25H27FN6O3/c1-29(20-11-7-10-18(26)13-20)14-19(12-17-8-5-4-6-9-17)28-21(33)15-32-16-27-23-22(32)24(34)31(3)25(35)30(23)2/h4-11,13,16,19H,12,14-15H2,1-3H3,(H,28,33)/t19-/m0/s1. The lowest BCUT2D eigenvalue weighted by molar-refractivity contribution is -0.122. The number of rotatable bonds is 8. The van der Waals surface area contributed by atoms with E-state index in [-0.39, 0.29) is 35.5 Å². The highest BCUT2D eigenvalue weighted by molar-refractivity contribution is 5.79. The fourth-order valence-corrected chi connectivity index (χ4v) is 4.15. The summed E-state index contributed by atoms with van der Waals surface area (Å²) in [7, 11) is 4.76. The number of imidazole rings is 1. The number of amides is 1. The summed E-state index contributed by atoms with van der Waals surface area (Å²) in [6.07, 6.45) is 1.95. The first-order valence-electron chi connectivity index (χ1n) is 11.2. The smallest absolute Gasteiger partial charge is 0.332 e. The fraction of sp³-hybridized carbons (Fsp3) is 0.280. The third-order valence-electron chi connectivity index (χ3n) is 5.96. The topological polar surface area (TPSA) is 94.2 Å². The zero-order valence-electron chi connectivity index (χ0n) is 19.8. The van der Waals surface area contributed by atoms with Crippen LogP contribution in [-0.4, -0.2) is 44.2 Å². The Bertz CT molecular complexity index is 1470. The van der Waals surface area contributed by atoms with E-state index in [0.717, 1.165) is 10.1 Å². The first-order chi connectivity index (χ1) is 16.7. The van der Waals surface area contributed by atoms with Gasteiger partial charge in [0.15, 0.2) is 11.2 Å². The van der Waals surface area contributed by atoms with Crippen molar-refractivity contribution in [1.82, 2.24) is 24.0 Å². The Morgan fingerprint density at radius 2 is 1.83 bits per heavy atom. The van der Waals surface area contributed by atoms with Crippen LogP contribution in [-0.2, 0) is 31.9 Å². The maximum Gasteiger partial charge on any atom is 0.332 e. The van der Waals surface area contributed by atoms with Gasteiger partial charge < -0.3 is 14.8 Å². The SMILES string of the molecule is CN(C[C@H](Cc1ccccc1)NC(=O)Cn1cnc2c1c(=O)n(C)c(=O)n2C)c1cccc(F)c1. The van der Waals surface area contributed by atoms with Crippen molar-refractivity contribution in [3.05, 3.63) is 93.1 Å². The van der Waals surface area contributed by atoms with E-state index in [4.69, 9.17) is 0 Å². The Morgan fingerprint density at radius 1 is 1.09 bits per heavy atom. The van der Waals surface area contributed by atoms with Crippen LogP contribution in [0.2, 0.25) is 0 Å². The van der Waals surface area contributed by atoms with E-state index in [1.807, 2.05) is 48.3 Å². The molecular weight excluding hydrogens is 451 g/mol. The Balaban J connectivity index is 1.56. The van der Waals surface area contributed by atoms with Crippen LogP contribution in [0.1, 0.15) is 5.56 Å². The van der Waals surface area contributed by atoms with Crippen LogP contribution in [0.15, 0.2) is 70.5 Å². The number of hydrogen-bond acceptors (Lipinski definition) is 5. The Hall–Kier alpha value is -4.21. The molecule has 4 aromatic rings. The summed E-state index contributed by atoms with van der Waals surface area (Å²) >= 11 is 0. The van der Waals surface area contributed by atoms with Crippen LogP contribution in [0.3, 0.4) is 0 Å². The second-order valence-corrected chi connectivity index (χ2v) is 8.56. The molecule has 0 saturated heterocycles. The highest BCUT2D eigenvalue weighted by Gasteiger charge is 2.19. The average Bonchev–Trinajstić information content (AvgIpc) is 3.25. The molecule has 182 valence electrons. The number of aryl methyl sites for hydroxylation is 1. The lowest BCUT2D eigenvalue weighted by Crippen LogP contribution is -2.45. The molecule has 0 fully saturated rings. The van der Waals surface area contributed by atoms with Crippen LogP contribution in [0.4, 0.5) is 10.1 Å². The molecule has 0 bridgehead atoms. The van der Waals surface area contributed by atoms with Gasteiger partial charge in [-0.05, 0) is 30.2 Å². The Labute approximate surface area is 201 Å². The summed E-state index contributed by atoms with van der Waals surface area (Å²) in [5, 5.41) is 3.04. The normalized spacial score (nSPS) is 12.0. The van der Waals surface area contributed by atoms with Gasteiger partial charge in [0.2, 0.25) is 5.91 Å². The van der Waals surface area contributed by atoms with Gasteiger partial charge in [0.25, 0.3) is 5.56 Å². The number of anilines is 1. The van der Waals surface area contributed by atoms with E-state index in [1.165, 1.54) is 41.7 Å². The first-order valence-corrected chi connectivity index (χ1v) is 11.2. The number of nitrogens with zero attached hydrogens (tertiary/aromatic N) is 5. The van der Waals surface area contributed by atoms with Crippen molar-refractivity contribution in [3.8, 4) is 0 Å². The number of halogens is 1. The third kappa shape index (κ3) is 5.16. The number of carbonyl (C=O) groups excluding carboxylic acids is 1. The monoisotopic (exact) mass is 478 g/mol. The molecule has 0 aliphatic carbocycles. The van der Waals surface area contributed by atoms with E-state index < -0.39 is 11.2 Å². The highest BCUT2D eigenvalue weighted by atomic mass is 19.1. The van der Waals surface area contributed by atoms with Crippen molar-refractivity contribution >= 4 is 22.8 Å². The van der Waals surface area contributed by atoms with E-state index in [0.29, 0.717) is 18.7 Å². The molecule has 9 nitrogen and oxygen atoms in total. The van der Waals surface area contributed by atoms with Gasteiger partial charge in [-0.1, -0.05) is 36.4 Å². The summed E-state index contributed by atoms with van der Waals surface area (Å²) in [6.45, 7) is 0.296. The predicted molar refractivity (Wildman–Crippen MR) is 132 cm³/mol. The maximum absolute atomic E-state index is 13.7. The quantitative estimate of drug-likeness (QED) is 0.414. The minimum Gasteiger partial charge on any atom is -0.372 e. The molecule has 0 unspecified atom stereocenters. The molecule has 1 amide bonds. The van der Waals surface area contributed by atoms with Crippen LogP contribution >= 0.6 is 0 Å². The van der Waals surface area contributed by atoms with Gasteiger partial charge in [-0.2, -0.15) is 0 Å². The fourth-order valence-electron chi connectivity index (χ4n) is 4.15. The second-order valence-electron chi connectivity index (χ2n) is 8.56. The largest absolute Gasteiger partial charge is 0.372 e. The molecule has 0 aliphatic heterocycles. The number of fused-ring (bicyclic) bond motifs is 1. The molecule has 0 aliphatic rings. The van der Waals surface area contributed by atoms with Crippen LogP contribution in [0, 0.1) is 5.82 Å². The van der Waals surface area contributed by atoms with E-state index in [2.05, 4.69) is 10.3 Å². The van der Waals surface area contributed by atoms with Crippen molar-refractivity contribution in [1.29, 1.82) is 0 Å². The van der Waals surface area contributed by atoms with Crippen LogP contribution in [0.25, 0.3) is 11.2 Å². The van der Waals surface area contributed by atoms with Crippen molar-refractivity contribution in [3.63, 3.8) is 0 Å². The first kappa shape index (κ1) is 23.9. The molecule has 10 heteroatoms. The number of hydrogen-bond donors (Lipinski definition) is 1. The second kappa shape index (κ2) is 9.96. The lowest BCUT2D eigenvalue weighted by atomic mass is 10.1. The van der Waals surface area contributed by atoms with Gasteiger partial charge >= 0.3 is 5.69 Å². The van der Waals surface area contributed by atoms with Crippen molar-refractivity contribution < 1.29 is 9.18 Å². The van der Waals surface area contributed by atoms with Crippen molar-refractivity contribution in [2.45, 2.75) is 19.0 Å². The maximum atomic E-state index is 13.7. The minimum absolute atomic E-state index is 0.140. The van der Waals surface area contributed by atoms with Gasteiger partial charge in [0, 0.05) is 33.4 Å². The number of likely N-dealkylation sites (N-methyl/N-ethyl adjacent to an activating group) is 1. The minimum atomic E-state index is -0.514. The molecule has 1 N–H and O–H groups in total. The van der Waals surface area contributed by atoms with Gasteiger partial charge in [-0.3, -0.25) is 18.7 Å². The molecule has 0 spiro atoms. The highest BCUT2D eigenvalue weighted by Crippen LogP contribution is 2.15. The molecular formula is C25H27FN6O3. The molecule has 2 heterocycles. The zero-order valence-corrected chi connectivity index (χ0v) is 19.8. The van der Waals surface area contributed by atoms with Crippen molar-refractivity contribution in [2.75, 3.05) is 18.5 Å². The summed E-state index contributed by atoms with van der Waals surface area (Å²) in [5.41, 5.74) is 1.14. The zero-order chi connectivity index (χ0) is 25.1. The molecule has 1 atom stereocenters. The number of aromatic nitrogens is 4.